The van der Waals surface area contributed by atoms with Gasteiger partial charge in [-0.3, -0.25) is 19.2 Å². The Labute approximate surface area is 247 Å². The quantitative estimate of drug-likeness (QED) is 0.133. The van der Waals surface area contributed by atoms with Crippen molar-refractivity contribution in [2.45, 2.75) is 49.9 Å². The average molecular weight is 591 g/mol. The summed E-state index contributed by atoms with van der Waals surface area (Å²) in [4.78, 5) is 62.8. The van der Waals surface area contributed by atoms with Gasteiger partial charge in [-0.25, -0.2) is 4.79 Å². The van der Waals surface area contributed by atoms with Crippen molar-refractivity contribution < 1.29 is 39.3 Å². The number of carboxylic acids is 2. The van der Waals surface area contributed by atoms with Crippen LogP contribution in [0.1, 0.15) is 23.1 Å². The van der Waals surface area contributed by atoms with Crippen molar-refractivity contribution in [1.82, 2.24) is 16.0 Å². The van der Waals surface area contributed by atoms with Crippen LogP contribution < -0.4 is 21.7 Å². The number of benzene rings is 3. The standard InChI is InChI=1S/C31H34N4O8/c32-23(18-27(37)38)28(39)33-24(16-21-11-13-22(36)14-12-21)29(40)34-25(15-19-7-3-1-4-8-19)30(41)35-26(31(42)43)17-20-9-5-2-6-10-20/h1-14,23-26,36H,15-18,32H2,(H,33,39)(H,34,40)(H,35,41)(H,37,38)(H,42,43). The normalized spacial score (nSPS) is 13.5. The average Bonchev–Trinajstić information content (AvgIpc) is 2.97. The van der Waals surface area contributed by atoms with Crippen LogP contribution in [0, 0.1) is 0 Å². The number of aromatic hydroxyl groups is 1. The number of amides is 3. The maximum absolute atomic E-state index is 13.6. The number of carbonyl (C=O) groups excluding carboxylic acids is 3. The molecule has 0 bridgehead atoms. The summed E-state index contributed by atoms with van der Waals surface area (Å²) in [6.45, 7) is 0. The highest BCUT2D eigenvalue weighted by Gasteiger charge is 2.31. The molecule has 43 heavy (non-hydrogen) atoms. The number of hydrogen-bond donors (Lipinski definition) is 7. The summed E-state index contributed by atoms with van der Waals surface area (Å²) < 4.78 is 0. The Bertz CT molecular complexity index is 1400. The number of phenolic OH excluding ortho intramolecular Hbond substituents is 1. The molecule has 0 saturated carbocycles. The van der Waals surface area contributed by atoms with E-state index in [2.05, 4.69) is 16.0 Å². The number of nitrogens with one attached hydrogen (secondary N) is 3. The first kappa shape index (κ1) is 32.3. The molecule has 8 N–H and O–H groups in total. The molecule has 0 fully saturated rings. The molecule has 4 unspecified atom stereocenters. The summed E-state index contributed by atoms with van der Waals surface area (Å²) in [5.41, 5.74) is 7.61. The Morgan fingerprint density at radius 1 is 0.581 bits per heavy atom. The zero-order valence-electron chi connectivity index (χ0n) is 23.2. The van der Waals surface area contributed by atoms with Crippen LogP contribution in [0.25, 0.3) is 0 Å². The molecule has 0 aliphatic rings. The van der Waals surface area contributed by atoms with Crippen LogP contribution in [0.5, 0.6) is 5.75 Å². The van der Waals surface area contributed by atoms with Gasteiger partial charge in [0.25, 0.3) is 0 Å². The Morgan fingerprint density at radius 2 is 0.977 bits per heavy atom. The van der Waals surface area contributed by atoms with Gasteiger partial charge in [0.1, 0.15) is 23.9 Å². The monoisotopic (exact) mass is 590 g/mol. The Balaban J connectivity index is 1.85. The molecule has 12 nitrogen and oxygen atoms in total. The van der Waals surface area contributed by atoms with E-state index in [-0.39, 0.29) is 25.0 Å². The van der Waals surface area contributed by atoms with Gasteiger partial charge in [-0.05, 0) is 28.8 Å². The van der Waals surface area contributed by atoms with E-state index in [4.69, 9.17) is 10.8 Å². The predicted molar refractivity (Wildman–Crippen MR) is 156 cm³/mol. The van der Waals surface area contributed by atoms with Gasteiger partial charge in [-0.15, -0.1) is 0 Å². The highest BCUT2D eigenvalue weighted by molar-refractivity contribution is 5.95. The molecule has 3 aromatic rings. The second-order valence-electron chi connectivity index (χ2n) is 9.98. The van der Waals surface area contributed by atoms with Crippen molar-refractivity contribution in [1.29, 1.82) is 0 Å². The highest BCUT2D eigenvalue weighted by Crippen LogP contribution is 2.13. The van der Waals surface area contributed by atoms with E-state index in [0.29, 0.717) is 16.7 Å². The lowest BCUT2D eigenvalue weighted by Crippen LogP contribution is -2.58. The van der Waals surface area contributed by atoms with Crippen LogP contribution in [-0.2, 0) is 43.2 Å². The first-order valence-corrected chi connectivity index (χ1v) is 13.5. The van der Waals surface area contributed by atoms with E-state index < -0.39 is 60.2 Å². The summed E-state index contributed by atoms with van der Waals surface area (Å²) in [5, 5.41) is 36.0. The fourth-order valence-electron chi connectivity index (χ4n) is 4.29. The lowest BCUT2D eigenvalue weighted by Gasteiger charge is -2.25. The Kier molecular flexibility index (Phi) is 11.8. The molecule has 0 spiro atoms. The fourth-order valence-corrected chi connectivity index (χ4v) is 4.29. The number of hydrogen-bond acceptors (Lipinski definition) is 7. The Hall–Kier alpha value is -5.23. The number of nitrogens with two attached hydrogens (primary N) is 1. The molecule has 0 saturated heterocycles. The van der Waals surface area contributed by atoms with E-state index in [1.807, 2.05) is 0 Å². The third-order valence-electron chi connectivity index (χ3n) is 6.55. The smallest absolute Gasteiger partial charge is 0.326 e. The van der Waals surface area contributed by atoms with Crippen LogP contribution in [0.15, 0.2) is 84.9 Å². The van der Waals surface area contributed by atoms with Crippen molar-refractivity contribution in [3.8, 4) is 5.75 Å². The van der Waals surface area contributed by atoms with Crippen LogP contribution >= 0.6 is 0 Å². The van der Waals surface area contributed by atoms with Crippen LogP contribution in [0.2, 0.25) is 0 Å². The van der Waals surface area contributed by atoms with Crippen molar-refractivity contribution >= 4 is 29.7 Å². The van der Waals surface area contributed by atoms with Gasteiger partial charge in [0, 0.05) is 19.3 Å². The first-order chi connectivity index (χ1) is 20.5. The van der Waals surface area contributed by atoms with Crippen molar-refractivity contribution in [3.63, 3.8) is 0 Å². The van der Waals surface area contributed by atoms with Crippen molar-refractivity contribution in [2.24, 2.45) is 5.73 Å². The largest absolute Gasteiger partial charge is 0.508 e. The molecule has 3 amide bonds. The lowest BCUT2D eigenvalue weighted by molar-refractivity contribution is -0.142. The molecular formula is C31H34N4O8. The molecule has 0 heterocycles. The van der Waals surface area contributed by atoms with Gasteiger partial charge in [0.15, 0.2) is 0 Å². The van der Waals surface area contributed by atoms with E-state index >= 15 is 0 Å². The number of carbonyl (C=O) groups is 5. The zero-order chi connectivity index (χ0) is 31.4. The van der Waals surface area contributed by atoms with Gasteiger partial charge in [-0.2, -0.15) is 0 Å². The predicted octanol–water partition coefficient (Wildman–Crippen LogP) is 0.761. The highest BCUT2D eigenvalue weighted by atomic mass is 16.4. The van der Waals surface area contributed by atoms with Crippen LogP contribution in [-0.4, -0.2) is 69.1 Å². The van der Waals surface area contributed by atoms with Crippen molar-refractivity contribution in [3.05, 3.63) is 102 Å². The summed E-state index contributed by atoms with van der Waals surface area (Å²) in [7, 11) is 0. The van der Waals surface area contributed by atoms with Crippen LogP contribution in [0.4, 0.5) is 0 Å². The van der Waals surface area contributed by atoms with Gasteiger partial charge < -0.3 is 37.0 Å². The molecule has 0 aromatic heterocycles. The molecular weight excluding hydrogens is 556 g/mol. The lowest BCUT2D eigenvalue weighted by atomic mass is 10.0. The van der Waals surface area contributed by atoms with Crippen LogP contribution in [0.3, 0.4) is 0 Å². The van der Waals surface area contributed by atoms with Crippen molar-refractivity contribution in [2.75, 3.05) is 0 Å². The topological polar surface area (TPSA) is 208 Å². The minimum Gasteiger partial charge on any atom is -0.508 e. The third kappa shape index (κ3) is 10.6. The molecule has 12 heteroatoms. The van der Waals surface area contributed by atoms with Gasteiger partial charge in [0.2, 0.25) is 17.7 Å². The minimum atomic E-state index is -1.44. The third-order valence-corrected chi connectivity index (χ3v) is 6.55. The molecule has 0 radical (unpaired) electrons. The molecule has 3 aromatic carbocycles. The van der Waals surface area contributed by atoms with Gasteiger partial charge in [0.05, 0.1) is 12.5 Å². The summed E-state index contributed by atoms with van der Waals surface area (Å²) in [6, 6.07) is 18.1. The van der Waals surface area contributed by atoms with E-state index in [0.717, 1.165) is 0 Å². The maximum Gasteiger partial charge on any atom is 0.326 e. The first-order valence-electron chi connectivity index (χ1n) is 13.5. The molecule has 3 rings (SSSR count). The number of phenols is 1. The molecule has 0 aliphatic carbocycles. The van der Waals surface area contributed by atoms with Gasteiger partial charge in [-0.1, -0.05) is 72.8 Å². The number of rotatable bonds is 15. The Morgan fingerprint density at radius 3 is 1.42 bits per heavy atom. The molecule has 4 atom stereocenters. The second-order valence-corrected chi connectivity index (χ2v) is 9.98. The molecule has 226 valence electrons. The zero-order valence-corrected chi connectivity index (χ0v) is 23.2. The summed E-state index contributed by atoms with van der Waals surface area (Å²) in [6.07, 6.45) is -0.733. The fraction of sp³-hybridized carbons (Fsp3) is 0.258. The van der Waals surface area contributed by atoms with E-state index in [1.165, 1.54) is 24.3 Å². The van der Waals surface area contributed by atoms with E-state index in [9.17, 15) is 34.2 Å². The SMILES string of the molecule is NC(CC(=O)O)C(=O)NC(Cc1ccc(O)cc1)C(=O)NC(Cc1ccccc1)C(=O)NC(Cc1ccccc1)C(=O)O. The van der Waals surface area contributed by atoms with E-state index in [1.54, 1.807) is 60.7 Å². The number of aliphatic carboxylic acids is 2. The summed E-state index contributed by atoms with van der Waals surface area (Å²) in [5.74, 6) is -5.00. The summed E-state index contributed by atoms with van der Waals surface area (Å²) >= 11 is 0. The maximum atomic E-state index is 13.6. The second kappa shape index (κ2) is 15.7. The molecule has 0 aliphatic heterocycles. The number of carboxylic acid groups (broad SMARTS) is 2. The minimum absolute atomic E-state index is 0.00843. The van der Waals surface area contributed by atoms with Gasteiger partial charge >= 0.3 is 11.9 Å².